The van der Waals surface area contributed by atoms with E-state index in [-0.39, 0.29) is 0 Å². The summed E-state index contributed by atoms with van der Waals surface area (Å²) in [7, 11) is 1.70. The Morgan fingerprint density at radius 1 is 1.12 bits per heavy atom. The van der Waals surface area contributed by atoms with Crippen LogP contribution in [0, 0.1) is 6.92 Å². The number of piperidine rings is 1. The second kappa shape index (κ2) is 10.3. The molecule has 0 unspecified atom stereocenters. The summed E-state index contributed by atoms with van der Waals surface area (Å²) in [4.78, 5) is 2.47. The lowest BCUT2D eigenvalue weighted by molar-refractivity contribution is 0.129. The highest BCUT2D eigenvalue weighted by atomic mass is 32.2. The van der Waals surface area contributed by atoms with Gasteiger partial charge in [0.25, 0.3) is 0 Å². The van der Waals surface area contributed by atoms with Gasteiger partial charge in [0.05, 0.1) is 25.4 Å². The molecule has 8 heteroatoms. The minimum atomic E-state index is 0.308. The first-order valence-corrected chi connectivity index (χ1v) is 12.8. The molecule has 0 saturated carbocycles. The Hall–Kier alpha value is -2.29. The Balaban J connectivity index is 1.34. The molecule has 0 N–H and O–H groups in total. The lowest BCUT2D eigenvalue weighted by Crippen LogP contribution is -2.33. The molecular formula is C25H32N4O3S. The molecule has 7 nitrogen and oxygen atoms in total. The smallest absolute Gasteiger partial charge is 0.195 e. The molecule has 1 atom stereocenters. The van der Waals surface area contributed by atoms with Gasteiger partial charge in [0, 0.05) is 24.3 Å². The van der Waals surface area contributed by atoms with Crippen molar-refractivity contribution in [1.82, 2.24) is 19.7 Å². The van der Waals surface area contributed by atoms with Crippen molar-refractivity contribution in [1.29, 1.82) is 0 Å². The third kappa shape index (κ3) is 5.28. The van der Waals surface area contributed by atoms with Crippen molar-refractivity contribution in [3.63, 3.8) is 0 Å². The van der Waals surface area contributed by atoms with Crippen molar-refractivity contribution in [2.75, 3.05) is 32.6 Å². The second-order valence-electron chi connectivity index (χ2n) is 8.89. The first-order chi connectivity index (χ1) is 16.2. The number of furan rings is 1. The average molecular weight is 469 g/mol. The Bertz CT molecular complexity index is 1050. The topological polar surface area (TPSA) is 65.6 Å². The Morgan fingerprint density at radius 3 is 2.73 bits per heavy atom. The van der Waals surface area contributed by atoms with Crippen LogP contribution in [0.25, 0.3) is 5.69 Å². The molecule has 0 amide bonds. The summed E-state index contributed by atoms with van der Waals surface area (Å²) in [5, 5.41) is 10.3. The van der Waals surface area contributed by atoms with Crippen molar-refractivity contribution in [3.05, 3.63) is 53.7 Å². The van der Waals surface area contributed by atoms with Crippen molar-refractivity contribution in [2.24, 2.45) is 0 Å². The van der Waals surface area contributed by atoms with E-state index in [2.05, 4.69) is 32.8 Å². The molecule has 2 saturated heterocycles. The van der Waals surface area contributed by atoms with Crippen LogP contribution in [0.3, 0.4) is 0 Å². The molecule has 5 rings (SSSR count). The molecule has 176 valence electrons. The van der Waals surface area contributed by atoms with Gasteiger partial charge >= 0.3 is 0 Å². The molecule has 0 spiro atoms. The molecule has 2 aromatic heterocycles. The zero-order valence-electron chi connectivity index (χ0n) is 19.4. The van der Waals surface area contributed by atoms with Crippen LogP contribution in [-0.2, 0) is 11.3 Å². The van der Waals surface area contributed by atoms with Crippen molar-refractivity contribution in [3.8, 4) is 11.4 Å². The van der Waals surface area contributed by atoms with Gasteiger partial charge in [-0.1, -0.05) is 17.8 Å². The van der Waals surface area contributed by atoms with Gasteiger partial charge in [-0.15, -0.1) is 10.2 Å². The summed E-state index contributed by atoms with van der Waals surface area (Å²) >= 11 is 1.74. The standard InChI is InChI=1S/C25H32N4O3S/c1-18-8-9-22(32-18)16-28-12-10-19(11-13-28)24-26-27-25(33-17-23-7-4-14-31-23)29(24)20-5-3-6-21(15-20)30-2/h3,5-6,8-9,15,19,23H,4,7,10-14,16-17H2,1-2H3/t23-/m0/s1. The van der Waals surface area contributed by atoms with Crippen LogP contribution < -0.4 is 4.74 Å². The number of ether oxygens (including phenoxy) is 2. The molecule has 0 radical (unpaired) electrons. The van der Waals surface area contributed by atoms with Crippen LogP contribution >= 0.6 is 11.8 Å². The minimum Gasteiger partial charge on any atom is -0.497 e. The SMILES string of the molecule is COc1cccc(-n2c(SC[C@@H]3CCCO3)nnc2C2CCN(Cc3ccc(C)o3)CC2)c1. The Morgan fingerprint density at radius 2 is 2.00 bits per heavy atom. The van der Waals surface area contributed by atoms with Gasteiger partial charge in [-0.25, -0.2) is 0 Å². The number of aryl methyl sites for hydroxylation is 1. The third-order valence-corrected chi connectivity index (χ3v) is 7.58. The number of hydrogen-bond acceptors (Lipinski definition) is 7. The highest BCUT2D eigenvalue weighted by molar-refractivity contribution is 7.99. The van der Waals surface area contributed by atoms with E-state index < -0.39 is 0 Å². The molecular weight excluding hydrogens is 436 g/mol. The van der Waals surface area contributed by atoms with E-state index in [0.29, 0.717) is 12.0 Å². The van der Waals surface area contributed by atoms with E-state index in [9.17, 15) is 0 Å². The number of likely N-dealkylation sites (tertiary alicyclic amines) is 1. The first-order valence-electron chi connectivity index (χ1n) is 11.8. The van der Waals surface area contributed by atoms with E-state index in [1.807, 2.05) is 25.1 Å². The summed E-state index contributed by atoms with van der Waals surface area (Å²) in [6.45, 7) is 5.78. The normalized spacial score (nSPS) is 19.9. The number of hydrogen-bond donors (Lipinski definition) is 0. The highest BCUT2D eigenvalue weighted by Crippen LogP contribution is 2.34. The molecule has 2 aliphatic heterocycles. The predicted molar refractivity (Wildman–Crippen MR) is 128 cm³/mol. The van der Waals surface area contributed by atoms with E-state index >= 15 is 0 Å². The van der Waals surface area contributed by atoms with Gasteiger partial charge in [-0.2, -0.15) is 0 Å². The van der Waals surface area contributed by atoms with Crippen molar-refractivity contribution < 1.29 is 13.9 Å². The van der Waals surface area contributed by atoms with Crippen LogP contribution in [0.5, 0.6) is 5.75 Å². The van der Waals surface area contributed by atoms with Crippen molar-refractivity contribution in [2.45, 2.75) is 56.3 Å². The monoisotopic (exact) mass is 468 g/mol. The van der Waals surface area contributed by atoms with Crippen LogP contribution in [0.15, 0.2) is 46.0 Å². The van der Waals surface area contributed by atoms with E-state index in [4.69, 9.17) is 19.0 Å². The number of rotatable bonds is 8. The van der Waals surface area contributed by atoms with Gasteiger partial charge in [-0.3, -0.25) is 9.47 Å². The summed E-state index contributed by atoms with van der Waals surface area (Å²) in [5.41, 5.74) is 1.05. The van der Waals surface area contributed by atoms with Gasteiger partial charge < -0.3 is 13.9 Å². The number of aromatic nitrogens is 3. The minimum absolute atomic E-state index is 0.308. The summed E-state index contributed by atoms with van der Waals surface area (Å²) < 4.78 is 19.3. The number of nitrogens with zero attached hydrogens (tertiary/aromatic N) is 4. The van der Waals surface area contributed by atoms with E-state index in [1.54, 1.807) is 18.9 Å². The Labute approximate surface area is 199 Å². The first kappa shape index (κ1) is 22.5. The average Bonchev–Trinajstić information content (AvgIpc) is 3.60. The van der Waals surface area contributed by atoms with Gasteiger partial charge in [-0.05, 0) is 70.0 Å². The summed E-state index contributed by atoms with van der Waals surface area (Å²) in [6, 6.07) is 12.3. The molecule has 2 fully saturated rings. The quantitative estimate of drug-likeness (QED) is 0.439. The molecule has 3 aromatic rings. The highest BCUT2D eigenvalue weighted by Gasteiger charge is 2.28. The van der Waals surface area contributed by atoms with Crippen LogP contribution in [0.1, 0.15) is 48.9 Å². The maximum absolute atomic E-state index is 5.83. The number of thioether (sulfide) groups is 1. The maximum atomic E-state index is 5.83. The van der Waals surface area contributed by atoms with E-state index in [0.717, 1.165) is 91.6 Å². The summed E-state index contributed by atoms with van der Waals surface area (Å²) in [5.74, 6) is 5.17. The molecule has 4 heterocycles. The van der Waals surface area contributed by atoms with Gasteiger partial charge in [0.15, 0.2) is 5.16 Å². The summed E-state index contributed by atoms with van der Waals surface area (Å²) in [6.07, 6.45) is 4.69. The molecule has 1 aromatic carbocycles. The molecule has 2 aliphatic rings. The molecule has 33 heavy (non-hydrogen) atoms. The van der Waals surface area contributed by atoms with Gasteiger partial charge in [0.2, 0.25) is 0 Å². The lowest BCUT2D eigenvalue weighted by atomic mass is 9.95. The fourth-order valence-corrected chi connectivity index (χ4v) is 5.74. The van der Waals surface area contributed by atoms with Gasteiger partial charge in [0.1, 0.15) is 23.1 Å². The van der Waals surface area contributed by atoms with Crippen molar-refractivity contribution >= 4 is 11.8 Å². The predicted octanol–water partition coefficient (Wildman–Crippen LogP) is 4.83. The largest absolute Gasteiger partial charge is 0.497 e. The van der Waals surface area contributed by atoms with Crippen LogP contribution in [0.2, 0.25) is 0 Å². The number of benzene rings is 1. The fourth-order valence-electron chi connectivity index (χ4n) is 4.71. The second-order valence-corrected chi connectivity index (χ2v) is 9.87. The fraction of sp³-hybridized carbons (Fsp3) is 0.520. The Kier molecular flexibility index (Phi) is 7.04. The lowest BCUT2D eigenvalue weighted by Gasteiger charge is -2.31. The van der Waals surface area contributed by atoms with Crippen LogP contribution in [0.4, 0.5) is 0 Å². The van der Waals surface area contributed by atoms with Crippen LogP contribution in [-0.4, -0.2) is 58.3 Å². The zero-order chi connectivity index (χ0) is 22.6. The maximum Gasteiger partial charge on any atom is 0.195 e. The molecule has 0 aliphatic carbocycles. The zero-order valence-corrected chi connectivity index (χ0v) is 20.2. The third-order valence-electron chi connectivity index (χ3n) is 6.52. The molecule has 0 bridgehead atoms. The number of methoxy groups -OCH3 is 1. The van der Waals surface area contributed by atoms with E-state index in [1.165, 1.54) is 0 Å².